The van der Waals surface area contributed by atoms with Crippen LogP contribution in [0.2, 0.25) is 0 Å². The van der Waals surface area contributed by atoms with Gasteiger partial charge in [0.1, 0.15) is 0 Å². The molecule has 0 aromatic heterocycles. The molecule has 0 saturated heterocycles. The summed E-state index contributed by atoms with van der Waals surface area (Å²) in [4.78, 5) is 24.5. The number of nitrogens with one attached hydrogen (secondary N) is 1. The molecule has 0 saturated carbocycles. The molecule has 6 nitrogen and oxygen atoms in total. The van der Waals surface area contributed by atoms with Crippen LogP contribution in [0.15, 0.2) is 36.5 Å². The molecule has 81 heavy (non-hydrogen) atoms. The van der Waals surface area contributed by atoms with E-state index >= 15 is 0 Å². The van der Waals surface area contributed by atoms with Gasteiger partial charge in [-0.25, -0.2) is 0 Å². The fourth-order valence-corrected chi connectivity index (χ4v) is 11.6. The third kappa shape index (κ3) is 67.1. The fraction of sp³-hybridized carbons (Fsp3) is 0.893. The number of aliphatic hydroxyl groups is 2. The summed E-state index contributed by atoms with van der Waals surface area (Å²) in [6.45, 7) is 4.96. The van der Waals surface area contributed by atoms with Gasteiger partial charge < -0.3 is 20.3 Å². The molecule has 0 rings (SSSR count). The number of ether oxygens (including phenoxy) is 1. The van der Waals surface area contributed by atoms with Crippen molar-refractivity contribution >= 4 is 11.9 Å². The van der Waals surface area contributed by atoms with Crippen molar-refractivity contribution in [3.05, 3.63) is 36.5 Å². The highest BCUT2D eigenvalue weighted by Crippen LogP contribution is 2.19. The second kappa shape index (κ2) is 70.6. The molecule has 0 heterocycles. The monoisotopic (exact) mass is 1140 g/mol. The van der Waals surface area contributed by atoms with Crippen molar-refractivity contribution in [2.75, 3.05) is 13.2 Å². The Labute approximate surface area is 506 Å². The van der Waals surface area contributed by atoms with Crippen LogP contribution in [-0.4, -0.2) is 47.4 Å². The lowest BCUT2D eigenvalue weighted by Gasteiger charge is -2.22. The summed E-state index contributed by atoms with van der Waals surface area (Å²) in [6, 6.07) is -0.537. The number of hydrogen-bond acceptors (Lipinski definition) is 5. The van der Waals surface area contributed by atoms with Crippen LogP contribution in [0.5, 0.6) is 0 Å². The Morgan fingerprint density at radius 1 is 0.346 bits per heavy atom. The summed E-state index contributed by atoms with van der Waals surface area (Å²) in [5.41, 5.74) is 0. The summed E-state index contributed by atoms with van der Waals surface area (Å²) >= 11 is 0. The number of carbonyl (C=O) groups excluding carboxylic acids is 2. The Balaban J connectivity index is 3.32. The summed E-state index contributed by atoms with van der Waals surface area (Å²) in [7, 11) is 0. The molecule has 6 heteroatoms. The molecular formula is C75H143NO5. The standard InChI is InChI=1S/C75H143NO5/c1-3-5-7-9-11-13-14-15-16-17-40-43-46-49-53-57-61-65-69-75(80)81-70-66-62-58-54-50-47-44-41-38-36-34-32-30-28-26-24-22-20-18-19-21-23-25-27-29-31-33-35-37-39-42-45-48-52-56-60-64-68-74(79)76-72(71-77)73(78)67-63-59-55-51-12-10-8-6-4-2/h16-18,20,24,26,72-73,77-78H,3-15,19,21-23,25,27-71H2,1-2H3,(H,76,79)/b17-16-,20-18-,26-24-. The first-order valence-corrected chi connectivity index (χ1v) is 36.7. The number of aliphatic hydroxyl groups excluding tert-OH is 2. The van der Waals surface area contributed by atoms with Crippen molar-refractivity contribution in [3.63, 3.8) is 0 Å². The molecule has 0 aromatic carbocycles. The molecule has 0 bridgehead atoms. The van der Waals surface area contributed by atoms with E-state index in [1.54, 1.807) is 0 Å². The lowest BCUT2D eigenvalue weighted by atomic mass is 10.0. The zero-order valence-corrected chi connectivity index (χ0v) is 54.8. The van der Waals surface area contributed by atoms with Gasteiger partial charge in [-0.05, 0) is 83.5 Å². The number of hydrogen-bond donors (Lipinski definition) is 3. The lowest BCUT2D eigenvalue weighted by molar-refractivity contribution is -0.143. The van der Waals surface area contributed by atoms with Gasteiger partial charge in [-0.3, -0.25) is 9.59 Å². The van der Waals surface area contributed by atoms with Crippen LogP contribution in [0.3, 0.4) is 0 Å². The Morgan fingerprint density at radius 2 is 0.617 bits per heavy atom. The molecule has 3 N–H and O–H groups in total. The molecule has 0 aliphatic carbocycles. The minimum Gasteiger partial charge on any atom is -0.466 e. The zero-order valence-electron chi connectivity index (χ0n) is 54.8. The second-order valence-corrected chi connectivity index (χ2v) is 25.3. The van der Waals surface area contributed by atoms with E-state index in [-0.39, 0.29) is 18.5 Å². The molecule has 0 fully saturated rings. The van der Waals surface area contributed by atoms with Gasteiger partial charge in [0.2, 0.25) is 5.91 Å². The maximum atomic E-state index is 12.4. The highest BCUT2D eigenvalue weighted by Gasteiger charge is 2.20. The van der Waals surface area contributed by atoms with Gasteiger partial charge >= 0.3 is 5.97 Å². The van der Waals surface area contributed by atoms with Crippen molar-refractivity contribution in [1.29, 1.82) is 0 Å². The van der Waals surface area contributed by atoms with Gasteiger partial charge in [-0.2, -0.15) is 0 Å². The average molecular weight is 1140 g/mol. The SMILES string of the molecule is CCCCCCCCC/C=C\CCCCCCCCCC(=O)OCCCCCCCCCCCCCCC/C=C\C/C=C\CCCCCCCCCCCCCCCCCCCC(=O)NC(CO)C(O)CCCCCCCCCCC. The zero-order chi connectivity index (χ0) is 58.5. The number of carbonyl (C=O) groups is 2. The number of amides is 1. The van der Waals surface area contributed by atoms with E-state index in [0.29, 0.717) is 25.9 Å². The van der Waals surface area contributed by atoms with Gasteiger partial charge in [0.15, 0.2) is 0 Å². The normalized spacial score (nSPS) is 12.7. The second-order valence-electron chi connectivity index (χ2n) is 25.3. The number of allylic oxidation sites excluding steroid dienone is 6. The van der Waals surface area contributed by atoms with Gasteiger partial charge in [0.05, 0.1) is 25.4 Å². The van der Waals surface area contributed by atoms with Crippen LogP contribution in [0.1, 0.15) is 406 Å². The largest absolute Gasteiger partial charge is 0.466 e. The summed E-state index contributed by atoms with van der Waals surface area (Å²) in [6.07, 6.45) is 90.9. The molecule has 0 aliphatic heterocycles. The van der Waals surface area contributed by atoms with E-state index in [0.717, 1.165) is 51.4 Å². The molecular weight excluding hydrogens is 995 g/mol. The highest BCUT2D eigenvalue weighted by molar-refractivity contribution is 5.76. The van der Waals surface area contributed by atoms with E-state index in [4.69, 9.17) is 4.74 Å². The molecule has 0 aliphatic rings. The summed E-state index contributed by atoms with van der Waals surface area (Å²) in [5, 5.41) is 23.1. The van der Waals surface area contributed by atoms with Crippen molar-refractivity contribution in [2.45, 2.75) is 418 Å². The topological polar surface area (TPSA) is 95.9 Å². The minimum absolute atomic E-state index is 0.0163. The predicted octanol–water partition coefficient (Wildman–Crippen LogP) is 23.9. The molecule has 2 atom stereocenters. The van der Waals surface area contributed by atoms with E-state index in [2.05, 4.69) is 55.6 Å². The molecule has 2 unspecified atom stereocenters. The number of esters is 1. The maximum Gasteiger partial charge on any atom is 0.305 e. The quantitative estimate of drug-likeness (QED) is 0.0320. The Kier molecular flexibility index (Phi) is 68.9. The van der Waals surface area contributed by atoms with Crippen LogP contribution in [0.4, 0.5) is 0 Å². The predicted molar refractivity (Wildman–Crippen MR) is 356 cm³/mol. The average Bonchev–Trinajstić information content (AvgIpc) is 3.47. The summed E-state index contributed by atoms with van der Waals surface area (Å²) in [5.74, 6) is -0.0169. The number of unbranched alkanes of at least 4 members (excludes halogenated alkanes) is 52. The van der Waals surface area contributed by atoms with Gasteiger partial charge in [0.25, 0.3) is 0 Å². The Bertz CT molecular complexity index is 1310. The van der Waals surface area contributed by atoms with Crippen LogP contribution in [-0.2, 0) is 14.3 Å². The van der Waals surface area contributed by atoms with Crippen molar-refractivity contribution in [3.8, 4) is 0 Å². The van der Waals surface area contributed by atoms with Crippen molar-refractivity contribution < 1.29 is 24.5 Å². The highest BCUT2D eigenvalue weighted by atomic mass is 16.5. The first kappa shape index (κ1) is 79.1. The van der Waals surface area contributed by atoms with Crippen LogP contribution >= 0.6 is 0 Å². The first-order valence-electron chi connectivity index (χ1n) is 36.7. The molecule has 478 valence electrons. The first-order chi connectivity index (χ1) is 40.0. The third-order valence-electron chi connectivity index (χ3n) is 17.2. The van der Waals surface area contributed by atoms with Gasteiger partial charge in [-0.15, -0.1) is 0 Å². The van der Waals surface area contributed by atoms with E-state index in [9.17, 15) is 19.8 Å². The molecule has 0 aromatic rings. The third-order valence-corrected chi connectivity index (χ3v) is 17.2. The van der Waals surface area contributed by atoms with Crippen LogP contribution in [0.25, 0.3) is 0 Å². The molecule has 0 radical (unpaired) electrons. The van der Waals surface area contributed by atoms with Crippen molar-refractivity contribution in [1.82, 2.24) is 5.32 Å². The van der Waals surface area contributed by atoms with Crippen molar-refractivity contribution in [2.24, 2.45) is 0 Å². The Morgan fingerprint density at radius 3 is 0.951 bits per heavy atom. The molecule has 0 spiro atoms. The van der Waals surface area contributed by atoms with Crippen LogP contribution < -0.4 is 5.32 Å². The van der Waals surface area contributed by atoms with E-state index in [1.807, 2.05) is 0 Å². The van der Waals surface area contributed by atoms with Gasteiger partial charge in [0, 0.05) is 12.8 Å². The summed E-state index contributed by atoms with van der Waals surface area (Å²) < 4.78 is 5.51. The lowest BCUT2D eigenvalue weighted by Crippen LogP contribution is -2.45. The fourth-order valence-electron chi connectivity index (χ4n) is 11.6. The smallest absolute Gasteiger partial charge is 0.305 e. The van der Waals surface area contributed by atoms with Gasteiger partial charge in [-0.1, -0.05) is 346 Å². The van der Waals surface area contributed by atoms with E-state index in [1.165, 1.54) is 321 Å². The van der Waals surface area contributed by atoms with Crippen LogP contribution in [0, 0.1) is 0 Å². The number of rotatable bonds is 69. The minimum atomic E-state index is -0.660. The molecule has 1 amide bonds. The maximum absolute atomic E-state index is 12.4. The van der Waals surface area contributed by atoms with E-state index < -0.39 is 12.1 Å². The Hall–Kier alpha value is -1.92.